The second-order valence-corrected chi connectivity index (χ2v) is 6.71. The van der Waals surface area contributed by atoms with Gasteiger partial charge in [0.05, 0.1) is 6.54 Å². The molecule has 0 unspecified atom stereocenters. The number of aromatic nitrogens is 2. The first-order valence-corrected chi connectivity index (χ1v) is 8.86. The molecule has 1 amide bonds. The number of carbonyl (C=O) groups is 1. The SMILES string of the molecule is Cc1ccccc1-c1cc(O)c2c(c1)CN(C(=O)c1ccnn1C)CCO2. The molecule has 0 radical (unpaired) electrons. The predicted octanol–water partition coefficient (Wildman–Crippen LogP) is 3.14. The predicted molar refractivity (Wildman–Crippen MR) is 102 cm³/mol. The van der Waals surface area contributed by atoms with Crippen LogP contribution in [0.5, 0.6) is 11.5 Å². The first-order chi connectivity index (χ1) is 13.0. The van der Waals surface area contributed by atoms with Crippen molar-refractivity contribution in [1.82, 2.24) is 14.7 Å². The molecule has 0 fully saturated rings. The number of hydrogen-bond donors (Lipinski definition) is 1. The molecule has 1 N–H and O–H groups in total. The molecule has 3 aromatic rings. The third-order valence-electron chi connectivity index (χ3n) is 4.90. The van der Waals surface area contributed by atoms with Gasteiger partial charge in [0.2, 0.25) is 0 Å². The fourth-order valence-electron chi connectivity index (χ4n) is 3.47. The van der Waals surface area contributed by atoms with Gasteiger partial charge in [0.15, 0.2) is 11.5 Å². The maximum absolute atomic E-state index is 12.9. The Morgan fingerprint density at radius 1 is 1.22 bits per heavy atom. The highest BCUT2D eigenvalue weighted by Crippen LogP contribution is 2.38. The molecule has 1 aromatic heterocycles. The van der Waals surface area contributed by atoms with E-state index in [2.05, 4.69) is 5.10 Å². The third kappa shape index (κ3) is 3.14. The summed E-state index contributed by atoms with van der Waals surface area (Å²) in [6, 6.07) is 13.4. The van der Waals surface area contributed by atoms with Gasteiger partial charge < -0.3 is 14.7 Å². The zero-order valence-corrected chi connectivity index (χ0v) is 15.3. The molecule has 0 atom stereocenters. The quantitative estimate of drug-likeness (QED) is 0.760. The second kappa shape index (κ2) is 6.79. The molecular formula is C21H21N3O3. The molecule has 6 heteroatoms. The summed E-state index contributed by atoms with van der Waals surface area (Å²) in [5.41, 5.74) is 4.39. The molecule has 1 aliphatic heterocycles. The lowest BCUT2D eigenvalue weighted by Crippen LogP contribution is -2.33. The fraction of sp³-hybridized carbons (Fsp3) is 0.238. The fourth-order valence-corrected chi connectivity index (χ4v) is 3.47. The Morgan fingerprint density at radius 3 is 2.78 bits per heavy atom. The van der Waals surface area contributed by atoms with Gasteiger partial charge in [-0.05, 0) is 41.8 Å². The molecular weight excluding hydrogens is 342 g/mol. The summed E-state index contributed by atoms with van der Waals surface area (Å²) in [5.74, 6) is 0.445. The number of ether oxygens (including phenoxy) is 1. The Kier molecular flexibility index (Phi) is 4.32. The molecule has 0 saturated heterocycles. The van der Waals surface area contributed by atoms with Crippen LogP contribution in [0.2, 0.25) is 0 Å². The number of hydrogen-bond acceptors (Lipinski definition) is 4. The van der Waals surface area contributed by atoms with E-state index in [1.54, 1.807) is 35.0 Å². The number of phenolic OH excluding ortho intramolecular Hbond substituents is 1. The number of phenols is 1. The number of aryl methyl sites for hydroxylation is 2. The number of carbonyl (C=O) groups excluding carboxylic acids is 1. The lowest BCUT2D eigenvalue weighted by molar-refractivity contribution is 0.0722. The van der Waals surface area contributed by atoms with E-state index in [1.807, 2.05) is 37.3 Å². The van der Waals surface area contributed by atoms with Crippen LogP contribution < -0.4 is 4.74 Å². The van der Waals surface area contributed by atoms with Crippen molar-refractivity contribution in [3.05, 3.63) is 65.5 Å². The van der Waals surface area contributed by atoms with Crippen LogP contribution in [0.1, 0.15) is 21.6 Å². The van der Waals surface area contributed by atoms with Gasteiger partial charge in [-0.15, -0.1) is 0 Å². The van der Waals surface area contributed by atoms with Crippen LogP contribution in [0, 0.1) is 6.92 Å². The second-order valence-electron chi connectivity index (χ2n) is 6.71. The van der Waals surface area contributed by atoms with Gasteiger partial charge >= 0.3 is 0 Å². The number of benzene rings is 2. The minimum atomic E-state index is -0.104. The molecule has 0 saturated carbocycles. The van der Waals surface area contributed by atoms with E-state index in [1.165, 1.54) is 0 Å². The molecule has 27 heavy (non-hydrogen) atoms. The summed E-state index contributed by atoms with van der Waals surface area (Å²) < 4.78 is 7.33. The van der Waals surface area contributed by atoms with E-state index in [0.29, 0.717) is 31.1 Å². The zero-order valence-electron chi connectivity index (χ0n) is 15.3. The molecule has 0 bridgehead atoms. The van der Waals surface area contributed by atoms with Gasteiger partial charge in [0.25, 0.3) is 5.91 Å². The van der Waals surface area contributed by atoms with Gasteiger partial charge in [-0.3, -0.25) is 9.48 Å². The summed E-state index contributed by atoms with van der Waals surface area (Å²) in [6.45, 7) is 3.17. The van der Waals surface area contributed by atoms with Crippen LogP contribution in [-0.2, 0) is 13.6 Å². The first kappa shape index (κ1) is 17.1. The van der Waals surface area contributed by atoms with Gasteiger partial charge in [0, 0.05) is 25.4 Å². The molecule has 4 rings (SSSR count). The van der Waals surface area contributed by atoms with Gasteiger partial charge in [-0.2, -0.15) is 5.10 Å². The van der Waals surface area contributed by atoms with E-state index >= 15 is 0 Å². The minimum Gasteiger partial charge on any atom is -0.504 e. The Bertz CT molecular complexity index is 1010. The van der Waals surface area contributed by atoms with Gasteiger partial charge in [-0.1, -0.05) is 24.3 Å². The molecule has 1 aliphatic rings. The summed E-state index contributed by atoms with van der Waals surface area (Å²) in [5, 5.41) is 14.6. The highest BCUT2D eigenvalue weighted by molar-refractivity contribution is 5.92. The number of amides is 1. The number of fused-ring (bicyclic) bond motifs is 1. The largest absolute Gasteiger partial charge is 0.504 e. The molecule has 138 valence electrons. The third-order valence-corrected chi connectivity index (χ3v) is 4.90. The van der Waals surface area contributed by atoms with Crippen LogP contribution in [0.4, 0.5) is 0 Å². The van der Waals surface area contributed by atoms with Crippen molar-refractivity contribution in [3.8, 4) is 22.6 Å². The monoisotopic (exact) mass is 363 g/mol. The number of aromatic hydroxyl groups is 1. The standard InChI is InChI=1S/C21H21N3O3/c1-14-5-3-4-6-17(14)15-11-16-13-24(9-10-27-20(16)19(25)12-15)21(26)18-7-8-22-23(18)2/h3-8,11-12,25H,9-10,13H2,1-2H3. The maximum Gasteiger partial charge on any atom is 0.272 e. The van der Waals surface area contributed by atoms with E-state index in [-0.39, 0.29) is 11.7 Å². The van der Waals surface area contributed by atoms with E-state index < -0.39 is 0 Å². The summed E-state index contributed by atoms with van der Waals surface area (Å²) >= 11 is 0. The molecule has 0 aliphatic carbocycles. The topological polar surface area (TPSA) is 67.6 Å². The van der Waals surface area contributed by atoms with Crippen molar-refractivity contribution in [3.63, 3.8) is 0 Å². The van der Waals surface area contributed by atoms with Crippen LogP contribution in [0.25, 0.3) is 11.1 Å². The van der Waals surface area contributed by atoms with Crippen LogP contribution in [-0.4, -0.2) is 38.8 Å². The van der Waals surface area contributed by atoms with Crippen molar-refractivity contribution in [1.29, 1.82) is 0 Å². The molecule has 2 aromatic carbocycles. The Labute approximate surface area is 157 Å². The van der Waals surface area contributed by atoms with Crippen LogP contribution in [0.3, 0.4) is 0 Å². The van der Waals surface area contributed by atoms with Gasteiger partial charge in [-0.25, -0.2) is 0 Å². The van der Waals surface area contributed by atoms with Gasteiger partial charge in [0.1, 0.15) is 12.3 Å². The Hall–Kier alpha value is -3.28. The zero-order chi connectivity index (χ0) is 19.0. The van der Waals surface area contributed by atoms with Crippen LogP contribution in [0.15, 0.2) is 48.7 Å². The normalized spacial score (nSPS) is 13.6. The molecule has 2 heterocycles. The Balaban J connectivity index is 1.72. The summed E-state index contributed by atoms with van der Waals surface area (Å²) in [4.78, 5) is 14.6. The van der Waals surface area contributed by atoms with E-state index in [4.69, 9.17) is 4.74 Å². The highest BCUT2D eigenvalue weighted by Gasteiger charge is 2.25. The summed E-state index contributed by atoms with van der Waals surface area (Å²) in [7, 11) is 1.75. The van der Waals surface area contributed by atoms with E-state index in [9.17, 15) is 9.90 Å². The van der Waals surface area contributed by atoms with Crippen molar-refractivity contribution >= 4 is 5.91 Å². The van der Waals surface area contributed by atoms with Crippen molar-refractivity contribution in [2.24, 2.45) is 7.05 Å². The average Bonchev–Trinajstić information content (AvgIpc) is 2.95. The van der Waals surface area contributed by atoms with Crippen molar-refractivity contribution < 1.29 is 14.6 Å². The molecule has 0 spiro atoms. The van der Waals surface area contributed by atoms with E-state index in [0.717, 1.165) is 22.3 Å². The summed E-state index contributed by atoms with van der Waals surface area (Å²) in [6.07, 6.45) is 1.61. The van der Waals surface area contributed by atoms with Crippen molar-refractivity contribution in [2.45, 2.75) is 13.5 Å². The lowest BCUT2D eigenvalue weighted by atomic mass is 9.98. The van der Waals surface area contributed by atoms with Crippen LogP contribution >= 0.6 is 0 Å². The minimum absolute atomic E-state index is 0.0978. The maximum atomic E-state index is 12.9. The molecule has 6 nitrogen and oxygen atoms in total. The number of nitrogens with zero attached hydrogens (tertiary/aromatic N) is 3. The first-order valence-electron chi connectivity index (χ1n) is 8.86. The lowest BCUT2D eigenvalue weighted by Gasteiger charge is -2.20. The highest BCUT2D eigenvalue weighted by atomic mass is 16.5. The Morgan fingerprint density at radius 2 is 2.04 bits per heavy atom. The smallest absolute Gasteiger partial charge is 0.272 e. The number of rotatable bonds is 2. The van der Waals surface area contributed by atoms with Crippen molar-refractivity contribution in [2.75, 3.05) is 13.2 Å². The average molecular weight is 363 g/mol.